The van der Waals surface area contributed by atoms with Crippen LogP contribution in [0.25, 0.3) is 0 Å². The fraction of sp³-hybridized carbons (Fsp3) is 0.357. The number of allylic oxidation sites excluding steroid dienone is 2. The molecule has 1 unspecified atom stereocenters. The number of hydrogen-bond acceptors (Lipinski definition) is 4. The Bertz CT molecular complexity index is 1250. The van der Waals surface area contributed by atoms with Crippen molar-refractivity contribution in [3.05, 3.63) is 99.2 Å². The molecule has 0 amide bonds. The summed E-state index contributed by atoms with van der Waals surface area (Å²) in [6, 6.07) is 10.5. The first-order chi connectivity index (χ1) is 17.6. The van der Waals surface area contributed by atoms with Gasteiger partial charge in [0, 0.05) is 59.5 Å². The molecule has 5 nitrogen and oxygen atoms in total. The lowest BCUT2D eigenvalue weighted by Crippen LogP contribution is -2.34. The van der Waals surface area contributed by atoms with E-state index in [1.54, 1.807) is 12.1 Å². The third-order valence-electron chi connectivity index (χ3n) is 6.90. The van der Waals surface area contributed by atoms with Gasteiger partial charge in [-0.15, -0.1) is 0 Å². The number of piperidine rings is 1. The molecule has 2 aliphatic heterocycles. The van der Waals surface area contributed by atoms with Gasteiger partial charge in [-0.1, -0.05) is 35.9 Å². The van der Waals surface area contributed by atoms with Gasteiger partial charge in [-0.3, -0.25) is 4.90 Å². The SMILES string of the molecule is CCn1ccnc1C[SH]1C=CC=C1CN1CCC(c2cccc(OCc3ccc(Cl)cc3F)n2)CC1. The van der Waals surface area contributed by atoms with Crippen LogP contribution in [0, 0.1) is 5.82 Å². The molecule has 4 heterocycles. The van der Waals surface area contributed by atoms with Crippen molar-refractivity contribution in [1.29, 1.82) is 0 Å². The molecular formula is C28H32ClFN4OS. The van der Waals surface area contributed by atoms with Gasteiger partial charge in [-0.05, 0) is 61.4 Å². The van der Waals surface area contributed by atoms with Gasteiger partial charge in [0.25, 0.3) is 0 Å². The first-order valence-corrected chi connectivity index (χ1v) is 14.5. The maximum atomic E-state index is 14.1. The monoisotopic (exact) mass is 526 g/mol. The summed E-state index contributed by atoms with van der Waals surface area (Å²) >= 11 is 5.84. The van der Waals surface area contributed by atoms with E-state index in [4.69, 9.17) is 21.3 Å². The molecule has 1 saturated heterocycles. The van der Waals surface area contributed by atoms with Crippen LogP contribution in [0.3, 0.4) is 0 Å². The maximum Gasteiger partial charge on any atom is 0.213 e. The number of imidazole rings is 1. The molecule has 5 rings (SSSR count). The number of thiol groups is 1. The fourth-order valence-electron chi connectivity index (χ4n) is 4.82. The second-order valence-corrected chi connectivity index (χ2v) is 11.8. The van der Waals surface area contributed by atoms with E-state index >= 15 is 0 Å². The van der Waals surface area contributed by atoms with Crippen LogP contribution in [0.1, 0.15) is 42.8 Å². The molecule has 3 aromatic rings. The molecule has 0 aliphatic carbocycles. The van der Waals surface area contributed by atoms with E-state index in [0.29, 0.717) is 22.4 Å². The second kappa shape index (κ2) is 11.6. The standard InChI is InChI=1S/C28H32ClFN4OS/c1-2-34-15-12-31-27(34)20-36-16-4-5-24(36)18-33-13-10-21(11-14-33)26-6-3-7-28(32-26)35-19-22-8-9-23(29)17-25(22)30/h3-9,12,15-17,21,36H,2,10-11,13-14,18-20H2,1H3. The average molecular weight is 527 g/mol. The van der Waals surface area contributed by atoms with Crippen LogP contribution < -0.4 is 4.74 Å². The van der Waals surface area contributed by atoms with Crippen molar-refractivity contribution in [3.63, 3.8) is 0 Å². The summed E-state index contributed by atoms with van der Waals surface area (Å²) in [5.41, 5.74) is 1.52. The zero-order valence-electron chi connectivity index (χ0n) is 20.5. The van der Waals surface area contributed by atoms with Crippen molar-refractivity contribution < 1.29 is 9.13 Å². The summed E-state index contributed by atoms with van der Waals surface area (Å²) in [7, 11) is -0.300. The highest BCUT2D eigenvalue weighted by molar-refractivity contribution is 8.22. The predicted octanol–water partition coefficient (Wildman–Crippen LogP) is 6.46. The number of rotatable bonds is 9. The molecule has 0 radical (unpaired) electrons. The van der Waals surface area contributed by atoms with Crippen LogP contribution in [-0.4, -0.2) is 39.1 Å². The quantitative estimate of drug-likeness (QED) is 0.325. The van der Waals surface area contributed by atoms with Crippen LogP contribution >= 0.6 is 22.5 Å². The lowest BCUT2D eigenvalue weighted by molar-refractivity contribution is 0.228. The van der Waals surface area contributed by atoms with Crippen molar-refractivity contribution in [2.45, 2.75) is 44.6 Å². The summed E-state index contributed by atoms with van der Waals surface area (Å²) in [5, 5.41) is 2.75. The molecule has 1 atom stereocenters. The molecule has 0 bridgehead atoms. The highest BCUT2D eigenvalue weighted by Crippen LogP contribution is 2.44. The van der Waals surface area contributed by atoms with Gasteiger partial charge in [-0.25, -0.2) is 25.3 Å². The van der Waals surface area contributed by atoms with Crippen LogP contribution in [0.2, 0.25) is 5.02 Å². The topological polar surface area (TPSA) is 43.2 Å². The van der Waals surface area contributed by atoms with E-state index in [2.05, 4.69) is 51.2 Å². The summed E-state index contributed by atoms with van der Waals surface area (Å²) in [6.45, 7) is 6.39. The summed E-state index contributed by atoms with van der Waals surface area (Å²) in [5.74, 6) is 2.78. The smallest absolute Gasteiger partial charge is 0.213 e. The average Bonchev–Trinajstić information content (AvgIpc) is 3.53. The molecule has 8 heteroatoms. The van der Waals surface area contributed by atoms with E-state index in [0.717, 1.165) is 50.5 Å². The Kier molecular flexibility index (Phi) is 8.09. The predicted molar refractivity (Wildman–Crippen MR) is 146 cm³/mol. The molecule has 2 aliphatic rings. The van der Waals surface area contributed by atoms with E-state index in [9.17, 15) is 4.39 Å². The third-order valence-corrected chi connectivity index (χ3v) is 9.32. The highest BCUT2D eigenvalue weighted by Gasteiger charge is 2.24. The molecule has 0 N–H and O–H groups in total. The van der Waals surface area contributed by atoms with Crippen molar-refractivity contribution in [2.75, 3.05) is 19.6 Å². The largest absolute Gasteiger partial charge is 0.473 e. The number of aromatic nitrogens is 3. The van der Waals surface area contributed by atoms with E-state index in [1.807, 2.05) is 18.3 Å². The molecule has 36 heavy (non-hydrogen) atoms. The number of aryl methyl sites for hydroxylation is 1. The third kappa shape index (κ3) is 6.02. The van der Waals surface area contributed by atoms with Gasteiger partial charge in [0.1, 0.15) is 18.2 Å². The number of ether oxygens (including phenoxy) is 1. The van der Waals surface area contributed by atoms with Crippen molar-refractivity contribution in [3.8, 4) is 5.88 Å². The Morgan fingerprint density at radius 3 is 2.86 bits per heavy atom. The Morgan fingerprint density at radius 1 is 1.19 bits per heavy atom. The van der Waals surface area contributed by atoms with Gasteiger partial charge in [0.2, 0.25) is 5.88 Å². The highest BCUT2D eigenvalue weighted by atomic mass is 35.5. The molecule has 0 spiro atoms. The minimum atomic E-state index is -0.363. The molecular weight excluding hydrogens is 495 g/mol. The maximum absolute atomic E-state index is 14.1. The van der Waals surface area contributed by atoms with Gasteiger partial charge < -0.3 is 9.30 Å². The van der Waals surface area contributed by atoms with Crippen molar-refractivity contribution in [1.82, 2.24) is 19.4 Å². The first kappa shape index (κ1) is 25.1. The number of nitrogens with zero attached hydrogens (tertiary/aromatic N) is 4. The molecule has 1 fully saturated rings. The van der Waals surface area contributed by atoms with Crippen LogP contribution in [0.4, 0.5) is 4.39 Å². The van der Waals surface area contributed by atoms with Crippen molar-refractivity contribution >= 4 is 22.5 Å². The molecule has 1 aromatic carbocycles. The number of benzene rings is 1. The zero-order valence-corrected chi connectivity index (χ0v) is 22.1. The summed E-state index contributed by atoms with van der Waals surface area (Å²) in [4.78, 5) is 13.4. The van der Waals surface area contributed by atoms with Gasteiger partial charge in [0.15, 0.2) is 0 Å². The van der Waals surface area contributed by atoms with E-state index < -0.39 is 0 Å². The van der Waals surface area contributed by atoms with Gasteiger partial charge >= 0.3 is 0 Å². The van der Waals surface area contributed by atoms with E-state index in [1.165, 1.54) is 16.8 Å². The Balaban J connectivity index is 1.13. The minimum absolute atomic E-state index is 0.128. The van der Waals surface area contributed by atoms with Crippen LogP contribution in [-0.2, 0) is 18.9 Å². The molecule has 0 saturated carbocycles. The lowest BCUT2D eigenvalue weighted by Gasteiger charge is -2.33. The summed E-state index contributed by atoms with van der Waals surface area (Å²) in [6.07, 6.45) is 10.7. The first-order valence-electron chi connectivity index (χ1n) is 12.5. The zero-order chi connectivity index (χ0) is 24.9. The number of pyridine rings is 1. The van der Waals surface area contributed by atoms with Crippen LogP contribution in [0.15, 0.2) is 71.3 Å². The van der Waals surface area contributed by atoms with Crippen LogP contribution in [0.5, 0.6) is 5.88 Å². The molecule has 190 valence electrons. The van der Waals surface area contributed by atoms with Gasteiger partial charge in [0.05, 0.1) is 0 Å². The number of halogens is 2. The second-order valence-electron chi connectivity index (χ2n) is 9.23. The number of hydrogen-bond donors (Lipinski definition) is 1. The Morgan fingerprint density at radius 2 is 2.06 bits per heavy atom. The lowest BCUT2D eigenvalue weighted by atomic mass is 9.93. The fourth-order valence-corrected chi connectivity index (χ4v) is 7.00. The summed E-state index contributed by atoms with van der Waals surface area (Å²) < 4.78 is 22.1. The van der Waals surface area contributed by atoms with Crippen molar-refractivity contribution in [2.24, 2.45) is 0 Å². The van der Waals surface area contributed by atoms with Gasteiger partial charge in [-0.2, -0.15) is 0 Å². The minimum Gasteiger partial charge on any atom is -0.473 e. The van der Waals surface area contributed by atoms with E-state index in [-0.39, 0.29) is 23.3 Å². The normalized spacial score (nSPS) is 19.5. The number of likely N-dealkylation sites (tertiary alicyclic amines) is 1. The Labute approximate surface area is 220 Å². The molecule has 2 aromatic heterocycles. The Hall–Kier alpha value is -2.61.